The minimum atomic E-state index is -0.524. The molecule has 176 valence electrons. The zero-order valence-corrected chi connectivity index (χ0v) is 21.0. The van der Waals surface area contributed by atoms with E-state index in [0.717, 1.165) is 21.9 Å². The van der Waals surface area contributed by atoms with Gasteiger partial charge in [-0.2, -0.15) is 0 Å². The van der Waals surface area contributed by atoms with Crippen LogP contribution in [-0.4, -0.2) is 46.8 Å². The third-order valence-corrected chi connectivity index (χ3v) is 7.10. The smallest absolute Gasteiger partial charge is 0.361 e. The number of ether oxygens (including phenoxy) is 3. The van der Waals surface area contributed by atoms with Crippen molar-refractivity contribution in [2.24, 2.45) is 0 Å². The summed E-state index contributed by atoms with van der Waals surface area (Å²) in [5.74, 6) is 0.816. The predicted molar refractivity (Wildman–Crippen MR) is 131 cm³/mol. The lowest BCUT2D eigenvalue weighted by molar-refractivity contribution is 0.0515. The van der Waals surface area contributed by atoms with Crippen LogP contribution in [0.3, 0.4) is 0 Å². The first-order valence-electron chi connectivity index (χ1n) is 10.2. The van der Waals surface area contributed by atoms with E-state index in [1.165, 1.54) is 23.1 Å². The molecule has 0 radical (unpaired) electrons. The molecule has 0 aliphatic heterocycles. The largest absolute Gasteiger partial charge is 0.497 e. The number of methoxy groups -OCH3 is 2. The molecule has 0 aliphatic rings. The number of carbonyl (C=O) groups excluding carboxylic acids is 1. The van der Waals surface area contributed by atoms with Gasteiger partial charge in [0.25, 0.3) is 0 Å². The number of hydrogen-bond donors (Lipinski definition) is 0. The van der Waals surface area contributed by atoms with Crippen molar-refractivity contribution >= 4 is 40.7 Å². The monoisotopic (exact) mass is 516 g/mol. The standard InChI is InChI=1S/C23H21ClN4O4S2/c1-4-32-23(29)20-22(28(27-26-20)12-14-5-8-16(30-2)9-6-14)34-19-13-33-21(25-19)15-7-10-17(24)18(11-15)31-3/h5-11,13H,4,12H2,1-3H3. The molecule has 0 unspecified atom stereocenters. The van der Waals surface area contributed by atoms with Crippen molar-refractivity contribution in [2.45, 2.75) is 23.5 Å². The maximum Gasteiger partial charge on any atom is 0.361 e. The zero-order valence-electron chi connectivity index (χ0n) is 18.6. The van der Waals surface area contributed by atoms with Gasteiger partial charge in [0, 0.05) is 10.9 Å². The number of carbonyl (C=O) groups is 1. The molecule has 0 bridgehead atoms. The van der Waals surface area contributed by atoms with Crippen LogP contribution in [0.4, 0.5) is 0 Å². The molecule has 2 heterocycles. The quantitative estimate of drug-likeness (QED) is 0.271. The van der Waals surface area contributed by atoms with Gasteiger partial charge in [0.2, 0.25) is 5.69 Å². The van der Waals surface area contributed by atoms with E-state index in [0.29, 0.717) is 27.4 Å². The van der Waals surface area contributed by atoms with Crippen molar-refractivity contribution < 1.29 is 19.0 Å². The fourth-order valence-corrected chi connectivity index (χ4v) is 5.10. The van der Waals surface area contributed by atoms with Gasteiger partial charge in [0.15, 0.2) is 0 Å². The Morgan fingerprint density at radius 1 is 1.15 bits per heavy atom. The maximum atomic E-state index is 12.5. The number of nitrogens with zero attached hydrogens (tertiary/aromatic N) is 4. The molecule has 2 aromatic heterocycles. The first-order chi connectivity index (χ1) is 16.5. The van der Waals surface area contributed by atoms with E-state index in [1.54, 1.807) is 31.9 Å². The van der Waals surface area contributed by atoms with Crippen LogP contribution in [-0.2, 0) is 11.3 Å². The Kier molecular flexibility index (Phi) is 7.71. The summed E-state index contributed by atoms with van der Waals surface area (Å²) in [6.45, 7) is 2.41. The lowest BCUT2D eigenvalue weighted by Crippen LogP contribution is -2.08. The van der Waals surface area contributed by atoms with Crippen LogP contribution < -0.4 is 9.47 Å². The normalized spacial score (nSPS) is 10.8. The van der Waals surface area contributed by atoms with Crippen molar-refractivity contribution in [2.75, 3.05) is 20.8 Å². The lowest BCUT2D eigenvalue weighted by Gasteiger charge is -2.07. The van der Waals surface area contributed by atoms with Gasteiger partial charge in [0.05, 0.1) is 32.4 Å². The van der Waals surface area contributed by atoms with Crippen molar-refractivity contribution in [1.29, 1.82) is 0 Å². The topological polar surface area (TPSA) is 88.4 Å². The van der Waals surface area contributed by atoms with E-state index in [2.05, 4.69) is 10.3 Å². The van der Waals surface area contributed by atoms with Crippen LogP contribution in [0.25, 0.3) is 10.6 Å². The molecular formula is C23H21ClN4O4S2. The molecule has 4 rings (SSSR count). The molecule has 0 aliphatic carbocycles. The molecular weight excluding hydrogens is 496 g/mol. The predicted octanol–water partition coefficient (Wildman–Crippen LogP) is 5.45. The highest BCUT2D eigenvalue weighted by molar-refractivity contribution is 7.99. The minimum absolute atomic E-state index is 0.156. The summed E-state index contributed by atoms with van der Waals surface area (Å²) in [7, 11) is 3.19. The van der Waals surface area contributed by atoms with Gasteiger partial charge < -0.3 is 14.2 Å². The fraction of sp³-hybridized carbons (Fsp3) is 0.217. The Morgan fingerprint density at radius 3 is 2.65 bits per heavy atom. The van der Waals surface area contributed by atoms with Crippen LogP contribution in [0, 0.1) is 0 Å². The van der Waals surface area contributed by atoms with Gasteiger partial charge in [0.1, 0.15) is 26.6 Å². The van der Waals surface area contributed by atoms with Crippen LogP contribution >= 0.6 is 34.7 Å². The van der Waals surface area contributed by atoms with Crippen LogP contribution in [0.1, 0.15) is 23.0 Å². The van der Waals surface area contributed by atoms with Crippen molar-refractivity contribution in [1.82, 2.24) is 20.0 Å². The Morgan fingerprint density at radius 2 is 1.94 bits per heavy atom. The van der Waals surface area contributed by atoms with Gasteiger partial charge in [-0.3, -0.25) is 0 Å². The average molecular weight is 517 g/mol. The zero-order chi connectivity index (χ0) is 24.1. The van der Waals surface area contributed by atoms with Crippen molar-refractivity contribution in [3.8, 4) is 22.1 Å². The summed E-state index contributed by atoms with van der Waals surface area (Å²) < 4.78 is 17.4. The highest BCUT2D eigenvalue weighted by Gasteiger charge is 2.23. The number of halogens is 1. The van der Waals surface area contributed by atoms with E-state index in [-0.39, 0.29) is 12.3 Å². The number of esters is 1. The van der Waals surface area contributed by atoms with E-state index >= 15 is 0 Å². The third-order valence-electron chi connectivity index (χ3n) is 4.73. The van der Waals surface area contributed by atoms with Crippen LogP contribution in [0.15, 0.2) is 57.9 Å². The summed E-state index contributed by atoms with van der Waals surface area (Å²) in [4.78, 5) is 17.2. The second-order valence-corrected chi connectivity index (χ2v) is 9.19. The number of benzene rings is 2. The Hall–Kier alpha value is -3.08. The van der Waals surface area contributed by atoms with Crippen LogP contribution in [0.5, 0.6) is 11.5 Å². The number of hydrogen-bond acceptors (Lipinski definition) is 9. The van der Waals surface area contributed by atoms with Gasteiger partial charge >= 0.3 is 5.97 Å². The average Bonchev–Trinajstić information content (AvgIpc) is 3.48. The molecule has 0 fully saturated rings. The molecule has 8 nitrogen and oxygen atoms in total. The molecule has 2 aromatic carbocycles. The highest BCUT2D eigenvalue weighted by Crippen LogP contribution is 2.36. The summed E-state index contributed by atoms with van der Waals surface area (Å²) in [6.07, 6.45) is 0. The van der Waals surface area contributed by atoms with Gasteiger partial charge in [-0.25, -0.2) is 14.5 Å². The molecule has 4 aromatic rings. The van der Waals surface area contributed by atoms with Gasteiger partial charge in [-0.1, -0.05) is 35.0 Å². The Balaban J connectivity index is 1.63. The second-order valence-electron chi connectivity index (χ2n) is 6.91. The van der Waals surface area contributed by atoms with E-state index < -0.39 is 5.97 Å². The lowest BCUT2D eigenvalue weighted by atomic mass is 10.2. The SMILES string of the molecule is CCOC(=O)c1nnn(Cc2ccc(OC)cc2)c1Sc1csc(-c2ccc(Cl)c(OC)c2)n1. The molecule has 34 heavy (non-hydrogen) atoms. The second kappa shape index (κ2) is 10.9. The molecule has 0 N–H and O–H groups in total. The molecule has 0 atom stereocenters. The fourth-order valence-electron chi connectivity index (χ4n) is 3.07. The summed E-state index contributed by atoms with van der Waals surface area (Å²) in [5, 5.41) is 12.8. The van der Waals surface area contributed by atoms with Crippen molar-refractivity contribution in [3.63, 3.8) is 0 Å². The Bertz CT molecular complexity index is 1290. The number of aromatic nitrogens is 4. The minimum Gasteiger partial charge on any atom is -0.497 e. The molecule has 11 heteroatoms. The molecule has 0 spiro atoms. The first kappa shape index (κ1) is 24.1. The van der Waals surface area contributed by atoms with E-state index in [4.69, 9.17) is 30.8 Å². The van der Waals surface area contributed by atoms with Gasteiger partial charge in [-0.15, -0.1) is 16.4 Å². The summed E-state index contributed by atoms with van der Waals surface area (Å²) in [6, 6.07) is 13.1. The first-order valence-corrected chi connectivity index (χ1v) is 12.3. The van der Waals surface area contributed by atoms with Crippen LogP contribution in [0.2, 0.25) is 5.02 Å². The number of rotatable bonds is 9. The molecule has 0 saturated carbocycles. The van der Waals surface area contributed by atoms with Gasteiger partial charge in [-0.05, 0) is 48.5 Å². The summed E-state index contributed by atoms with van der Waals surface area (Å²) in [5.41, 5.74) is 2.02. The maximum absolute atomic E-state index is 12.5. The van der Waals surface area contributed by atoms with E-state index in [9.17, 15) is 4.79 Å². The molecule has 0 amide bonds. The Labute approximate surface area is 209 Å². The number of thiazole rings is 1. The molecule has 0 saturated heterocycles. The van der Waals surface area contributed by atoms with Crippen molar-refractivity contribution in [3.05, 3.63) is 64.1 Å². The third kappa shape index (κ3) is 5.35. The van der Waals surface area contributed by atoms with E-state index in [1.807, 2.05) is 41.8 Å². The summed E-state index contributed by atoms with van der Waals surface area (Å²) >= 11 is 8.93. The highest BCUT2D eigenvalue weighted by atomic mass is 35.5.